The second-order valence-corrected chi connectivity index (χ2v) is 7.21. The van der Waals surface area contributed by atoms with Crippen molar-refractivity contribution in [3.8, 4) is 0 Å². The normalized spacial score (nSPS) is 24.3. The van der Waals surface area contributed by atoms with E-state index >= 15 is 0 Å². The van der Waals surface area contributed by atoms with Crippen molar-refractivity contribution in [3.05, 3.63) is 68.6 Å². The summed E-state index contributed by atoms with van der Waals surface area (Å²) < 4.78 is 0. The molecule has 4 heteroatoms. The SMILES string of the molecule is [C-]#[N+]C([N+]#[C-])=C1CC2C(=O)C(c3c(CC)cc(C)cc3CC)C(=O)C2C1. The highest BCUT2D eigenvalue weighted by Gasteiger charge is 2.54. The summed E-state index contributed by atoms with van der Waals surface area (Å²) >= 11 is 0. The van der Waals surface area contributed by atoms with Crippen LogP contribution < -0.4 is 0 Å². The number of rotatable bonds is 3. The van der Waals surface area contributed by atoms with Gasteiger partial charge in [-0.15, -0.1) is 0 Å². The molecule has 2 saturated carbocycles. The zero-order valence-corrected chi connectivity index (χ0v) is 15.4. The molecule has 3 rings (SSSR count). The minimum Gasteiger partial charge on any atom is -0.298 e. The number of carbonyl (C=O) groups excluding carboxylic acids is 2. The fraction of sp³-hybridized carbons (Fsp3) is 0.455. The van der Waals surface area contributed by atoms with Gasteiger partial charge in [-0.25, -0.2) is 0 Å². The second kappa shape index (κ2) is 6.89. The minimum atomic E-state index is -0.665. The van der Waals surface area contributed by atoms with Crippen molar-refractivity contribution in [2.75, 3.05) is 0 Å². The van der Waals surface area contributed by atoms with Crippen molar-refractivity contribution in [1.29, 1.82) is 0 Å². The molecule has 0 N–H and O–H groups in total. The topological polar surface area (TPSA) is 42.9 Å². The third kappa shape index (κ3) is 2.67. The first-order valence-electron chi connectivity index (χ1n) is 9.13. The van der Waals surface area contributed by atoms with Gasteiger partial charge in [0.05, 0.1) is 0 Å². The van der Waals surface area contributed by atoms with Crippen LogP contribution in [0.25, 0.3) is 9.69 Å². The van der Waals surface area contributed by atoms with Gasteiger partial charge in [0.15, 0.2) is 11.6 Å². The zero-order valence-electron chi connectivity index (χ0n) is 15.4. The lowest BCUT2D eigenvalue weighted by molar-refractivity contribution is -0.125. The molecule has 0 bridgehead atoms. The summed E-state index contributed by atoms with van der Waals surface area (Å²) in [4.78, 5) is 32.9. The number of hydrogen-bond acceptors (Lipinski definition) is 2. The molecule has 0 radical (unpaired) electrons. The number of carbonyl (C=O) groups is 2. The van der Waals surface area contributed by atoms with Crippen LogP contribution in [0.1, 0.15) is 54.9 Å². The quantitative estimate of drug-likeness (QED) is 0.600. The molecule has 2 unspecified atom stereocenters. The van der Waals surface area contributed by atoms with E-state index in [0.717, 1.165) is 35.1 Å². The maximum absolute atomic E-state index is 13.2. The molecular formula is C22H22N2O2. The molecule has 0 heterocycles. The summed E-state index contributed by atoms with van der Waals surface area (Å²) in [6.45, 7) is 20.4. The van der Waals surface area contributed by atoms with Gasteiger partial charge in [-0.2, -0.15) is 9.69 Å². The predicted molar refractivity (Wildman–Crippen MR) is 99.1 cm³/mol. The van der Waals surface area contributed by atoms with Crippen molar-refractivity contribution in [3.63, 3.8) is 0 Å². The van der Waals surface area contributed by atoms with Crippen LogP contribution in [-0.4, -0.2) is 11.6 Å². The molecule has 0 saturated heterocycles. The van der Waals surface area contributed by atoms with Gasteiger partial charge in [-0.1, -0.05) is 31.5 Å². The van der Waals surface area contributed by atoms with Crippen molar-refractivity contribution < 1.29 is 9.59 Å². The van der Waals surface area contributed by atoms with Gasteiger partial charge in [-0.05, 0) is 49.3 Å². The Labute approximate surface area is 154 Å². The van der Waals surface area contributed by atoms with Gasteiger partial charge in [0, 0.05) is 17.4 Å². The van der Waals surface area contributed by atoms with E-state index in [0.29, 0.717) is 18.4 Å². The monoisotopic (exact) mass is 346 g/mol. The van der Waals surface area contributed by atoms with E-state index < -0.39 is 5.92 Å². The lowest BCUT2D eigenvalue weighted by atomic mass is 9.83. The van der Waals surface area contributed by atoms with Crippen molar-refractivity contribution in [2.45, 2.75) is 52.4 Å². The Morgan fingerprint density at radius 1 is 1.00 bits per heavy atom. The lowest BCUT2D eigenvalue weighted by Crippen LogP contribution is -2.20. The smallest absolute Gasteiger partial charge is 0.298 e. The van der Waals surface area contributed by atoms with Gasteiger partial charge in [-0.3, -0.25) is 9.59 Å². The molecule has 2 aliphatic carbocycles. The average Bonchev–Trinajstić information content (AvgIpc) is 3.16. The van der Waals surface area contributed by atoms with Crippen molar-refractivity contribution >= 4 is 11.6 Å². The Morgan fingerprint density at radius 3 is 1.85 bits per heavy atom. The molecule has 132 valence electrons. The molecule has 0 aromatic heterocycles. The fourth-order valence-electron chi connectivity index (χ4n) is 4.62. The van der Waals surface area contributed by atoms with E-state index in [9.17, 15) is 9.59 Å². The van der Waals surface area contributed by atoms with Gasteiger partial charge >= 0.3 is 5.82 Å². The highest BCUT2D eigenvalue weighted by molar-refractivity contribution is 6.17. The third-order valence-electron chi connectivity index (χ3n) is 5.79. The number of fused-ring (bicyclic) bond motifs is 1. The van der Waals surface area contributed by atoms with E-state index in [1.165, 1.54) is 0 Å². The molecule has 0 aliphatic heterocycles. The summed E-state index contributed by atoms with van der Waals surface area (Å²) in [5.41, 5.74) is 4.94. The molecular weight excluding hydrogens is 324 g/mol. The van der Waals surface area contributed by atoms with E-state index in [1.807, 2.05) is 6.92 Å². The number of allylic oxidation sites excluding steroid dienone is 1. The maximum atomic E-state index is 13.2. The number of ketones is 2. The highest BCUT2D eigenvalue weighted by atomic mass is 16.2. The number of benzene rings is 1. The molecule has 1 aromatic rings. The van der Waals surface area contributed by atoms with Gasteiger partial charge in [0.25, 0.3) is 0 Å². The Kier molecular flexibility index (Phi) is 4.79. The van der Waals surface area contributed by atoms with Crippen molar-refractivity contribution in [1.82, 2.24) is 0 Å². The summed E-state index contributed by atoms with van der Waals surface area (Å²) in [6, 6.07) is 4.18. The zero-order chi connectivity index (χ0) is 19.0. The first-order chi connectivity index (χ1) is 12.5. The largest absolute Gasteiger partial charge is 0.518 e. The standard InChI is InChI=1S/C22H22N2O2/c1-6-13-8-12(3)9-14(7-2)18(13)19-20(25)16-10-15(22(23-4)24-5)11-17(16)21(19)26/h8-9,16-17,19H,6-7,10-11H2,1-3H3. The molecule has 0 spiro atoms. The van der Waals surface area contributed by atoms with Crippen LogP contribution >= 0.6 is 0 Å². The van der Waals surface area contributed by atoms with Crippen LogP contribution in [0, 0.1) is 31.9 Å². The van der Waals surface area contributed by atoms with E-state index in [4.69, 9.17) is 13.1 Å². The maximum Gasteiger partial charge on any atom is 0.518 e. The van der Waals surface area contributed by atoms with E-state index in [1.54, 1.807) is 0 Å². The Balaban J connectivity index is 2.05. The molecule has 26 heavy (non-hydrogen) atoms. The molecule has 4 nitrogen and oxygen atoms in total. The lowest BCUT2D eigenvalue weighted by Gasteiger charge is -2.19. The number of hydrogen-bond donors (Lipinski definition) is 0. The summed E-state index contributed by atoms with van der Waals surface area (Å²) in [6.07, 6.45) is 2.36. The Hall–Kier alpha value is -2.72. The van der Waals surface area contributed by atoms with Crippen LogP contribution in [-0.2, 0) is 22.4 Å². The summed E-state index contributed by atoms with van der Waals surface area (Å²) in [7, 11) is 0. The Morgan fingerprint density at radius 2 is 1.46 bits per heavy atom. The van der Waals surface area contributed by atoms with E-state index in [2.05, 4.69) is 35.7 Å². The third-order valence-corrected chi connectivity index (χ3v) is 5.79. The average molecular weight is 346 g/mol. The molecule has 0 amide bonds. The van der Waals surface area contributed by atoms with Crippen LogP contribution in [0.3, 0.4) is 0 Å². The van der Waals surface area contributed by atoms with Crippen LogP contribution in [0.5, 0.6) is 0 Å². The highest BCUT2D eigenvalue weighted by Crippen LogP contribution is 2.50. The molecule has 2 fully saturated rings. The van der Waals surface area contributed by atoms with Crippen LogP contribution in [0.2, 0.25) is 0 Å². The Bertz CT molecular complexity index is 844. The first-order valence-corrected chi connectivity index (χ1v) is 9.13. The molecule has 2 atom stereocenters. The number of aryl methyl sites for hydroxylation is 3. The minimum absolute atomic E-state index is 0.0161. The predicted octanol–water partition coefficient (Wildman–Crippen LogP) is 4.43. The van der Waals surface area contributed by atoms with E-state index in [-0.39, 0.29) is 29.2 Å². The van der Waals surface area contributed by atoms with Crippen LogP contribution in [0.15, 0.2) is 23.5 Å². The fourth-order valence-corrected chi connectivity index (χ4v) is 4.62. The second-order valence-electron chi connectivity index (χ2n) is 7.21. The van der Waals surface area contributed by atoms with Crippen LogP contribution in [0.4, 0.5) is 0 Å². The van der Waals surface area contributed by atoms with Gasteiger partial charge in [0.1, 0.15) is 19.1 Å². The number of Topliss-reactive ketones (excluding diaryl/α,β-unsaturated/α-hetero) is 2. The molecule has 1 aromatic carbocycles. The van der Waals surface area contributed by atoms with Gasteiger partial charge in [0.2, 0.25) is 0 Å². The summed E-state index contributed by atoms with van der Waals surface area (Å²) in [5, 5.41) is 0. The first kappa shape index (κ1) is 18.1. The summed E-state index contributed by atoms with van der Waals surface area (Å²) in [5.74, 6) is -1.39. The number of nitrogens with zero attached hydrogens (tertiary/aromatic N) is 2. The van der Waals surface area contributed by atoms with Gasteiger partial charge < -0.3 is 0 Å². The molecule has 2 aliphatic rings. The van der Waals surface area contributed by atoms with Crippen molar-refractivity contribution in [2.24, 2.45) is 11.8 Å².